The number of ether oxygens (including phenoxy) is 2. The maximum Gasteiger partial charge on any atom is 0.170 e. The van der Waals surface area contributed by atoms with Crippen molar-refractivity contribution in [1.29, 1.82) is 0 Å². The van der Waals surface area contributed by atoms with Crippen LogP contribution < -0.4 is 5.32 Å². The van der Waals surface area contributed by atoms with E-state index in [9.17, 15) is 0 Å². The van der Waals surface area contributed by atoms with Crippen LogP contribution in [0.25, 0.3) is 0 Å². The molecule has 3 atom stereocenters. The van der Waals surface area contributed by atoms with Crippen LogP contribution in [0, 0.1) is 0 Å². The molecule has 5 nitrogen and oxygen atoms in total. The summed E-state index contributed by atoms with van der Waals surface area (Å²) in [7, 11) is 6.37. The number of hydrogen-bond donors (Lipinski definition) is 1. The number of hydrogen-bond acceptors (Lipinski definition) is 5. The molecule has 0 aromatic carbocycles. The summed E-state index contributed by atoms with van der Waals surface area (Å²) < 4.78 is 11.9. The third-order valence-electron chi connectivity index (χ3n) is 4.99. The van der Waals surface area contributed by atoms with Crippen LogP contribution in [0.1, 0.15) is 33.1 Å². The number of rotatable bonds is 6. The second-order valence-electron chi connectivity index (χ2n) is 6.75. The third-order valence-corrected chi connectivity index (χ3v) is 4.99. The molecule has 1 N–H and O–H groups in total. The molecule has 3 unspecified atom stereocenters. The van der Waals surface area contributed by atoms with Crippen LogP contribution >= 0.6 is 0 Å². The van der Waals surface area contributed by atoms with Crippen molar-refractivity contribution in [1.82, 2.24) is 15.1 Å². The summed E-state index contributed by atoms with van der Waals surface area (Å²) in [6, 6.07) is 1.53. The van der Waals surface area contributed by atoms with Gasteiger partial charge in [0.25, 0.3) is 0 Å². The van der Waals surface area contributed by atoms with Gasteiger partial charge in [0, 0.05) is 37.5 Å². The Morgan fingerprint density at radius 2 is 1.95 bits per heavy atom. The van der Waals surface area contributed by atoms with Crippen molar-refractivity contribution in [2.75, 3.05) is 47.4 Å². The van der Waals surface area contributed by atoms with E-state index in [2.05, 4.69) is 50.1 Å². The van der Waals surface area contributed by atoms with Gasteiger partial charge in [0.2, 0.25) is 0 Å². The minimum absolute atomic E-state index is 0.316. The van der Waals surface area contributed by atoms with Gasteiger partial charge in [-0.3, -0.25) is 4.90 Å². The molecule has 124 valence electrons. The second kappa shape index (κ2) is 7.38. The molecule has 0 aromatic rings. The van der Waals surface area contributed by atoms with Gasteiger partial charge >= 0.3 is 0 Å². The van der Waals surface area contributed by atoms with Crippen molar-refractivity contribution >= 4 is 0 Å². The van der Waals surface area contributed by atoms with Crippen molar-refractivity contribution < 1.29 is 9.47 Å². The first-order chi connectivity index (χ1) is 10.0. The zero-order valence-electron chi connectivity index (χ0n) is 14.4. The van der Waals surface area contributed by atoms with Crippen LogP contribution in [0.3, 0.4) is 0 Å². The van der Waals surface area contributed by atoms with E-state index in [0.29, 0.717) is 18.1 Å². The smallest absolute Gasteiger partial charge is 0.170 e. The lowest BCUT2D eigenvalue weighted by Crippen LogP contribution is -2.60. The standard InChI is InChI=1S/C16H33N3O2/c1-6-19(13(2)12-18(4)5)15-11-16(20-9-10-21-16)8-7-14(15)17-3/h13-15,17H,6-12H2,1-5H3. The van der Waals surface area contributed by atoms with Gasteiger partial charge < -0.3 is 19.7 Å². The highest BCUT2D eigenvalue weighted by Crippen LogP contribution is 2.38. The summed E-state index contributed by atoms with van der Waals surface area (Å²) in [5, 5.41) is 3.52. The summed E-state index contributed by atoms with van der Waals surface area (Å²) in [5.74, 6) is -0.316. The molecule has 2 aliphatic rings. The molecule has 1 spiro atoms. The predicted molar refractivity (Wildman–Crippen MR) is 85.5 cm³/mol. The van der Waals surface area contributed by atoms with Gasteiger partial charge in [0.05, 0.1) is 13.2 Å². The van der Waals surface area contributed by atoms with E-state index < -0.39 is 0 Å². The molecule has 0 amide bonds. The molecule has 0 aromatic heterocycles. The van der Waals surface area contributed by atoms with E-state index in [4.69, 9.17) is 9.47 Å². The van der Waals surface area contributed by atoms with Gasteiger partial charge in [-0.1, -0.05) is 6.92 Å². The van der Waals surface area contributed by atoms with Crippen LogP contribution in [-0.4, -0.2) is 81.2 Å². The van der Waals surface area contributed by atoms with Crippen molar-refractivity contribution in [3.05, 3.63) is 0 Å². The largest absolute Gasteiger partial charge is 0.347 e. The summed E-state index contributed by atoms with van der Waals surface area (Å²) >= 11 is 0. The Morgan fingerprint density at radius 3 is 2.48 bits per heavy atom. The average Bonchev–Trinajstić information content (AvgIpc) is 2.87. The molecular formula is C16H33N3O2. The zero-order valence-corrected chi connectivity index (χ0v) is 14.4. The molecule has 2 fully saturated rings. The Hall–Kier alpha value is -0.200. The van der Waals surface area contributed by atoms with Gasteiger partial charge in [0.15, 0.2) is 5.79 Å². The maximum atomic E-state index is 5.97. The van der Waals surface area contributed by atoms with E-state index in [1.165, 1.54) is 0 Å². The predicted octanol–water partition coefficient (Wildman–Crippen LogP) is 1.14. The average molecular weight is 299 g/mol. The van der Waals surface area contributed by atoms with Gasteiger partial charge in [-0.05, 0) is 41.0 Å². The molecule has 1 aliphatic heterocycles. The Bertz CT molecular complexity index is 319. The highest BCUT2D eigenvalue weighted by Gasteiger charge is 2.46. The Morgan fingerprint density at radius 1 is 1.29 bits per heavy atom. The molecule has 21 heavy (non-hydrogen) atoms. The van der Waals surface area contributed by atoms with Crippen molar-refractivity contribution in [3.8, 4) is 0 Å². The molecular weight excluding hydrogens is 266 g/mol. The summed E-state index contributed by atoms with van der Waals surface area (Å²) in [4.78, 5) is 4.88. The fourth-order valence-corrected chi connectivity index (χ4v) is 4.08. The summed E-state index contributed by atoms with van der Waals surface area (Å²) in [5.41, 5.74) is 0. The molecule has 1 heterocycles. The lowest BCUT2D eigenvalue weighted by molar-refractivity contribution is -0.194. The van der Waals surface area contributed by atoms with Gasteiger partial charge in [0.1, 0.15) is 0 Å². The fourth-order valence-electron chi connectivity index (χ4n) is 4.08. The normalized spacial score (nSPS) is 30.4. The molecule has 0 bridgehead atoms. The number of nitrogens with one attached hydrogen (secondary N) is 1. The summed E-state index contributed by atoms with van der Waals surface area (Å²) in [6.45, 7) is 8.22. The summed E-state index contributed by atoms with van der Waals surface area (Å²) in [6.07, 6.45) is 3.10. The third kappa shape index (κ3) is 3.96. The Kier molecular flexibility index (Phi) is 6.03. The Balaban J connectivity index is 2.10. The van der Waals surface area contributed by atoms with Crippen LogP contribution in [0.15, 0.2) is 0 Å². The van der Waals surface area contributed by atoms with Crippen molar-refractivity contribution in [3.63, 3.8) is 0 Å². The van der Waals surface area contributed by atoms with E-state index in [-0.39, 0.29) is 5.79 Å². The van der Waals surface area contributed by atoms with Gasteiger partial charge in [-0.25, -0.2) is 0 Å². The monoisotopic (exact) mass is 299 g/mol. The van der Waals surface area contributed by atoms with E-state index in [1.807, 2.05) is 0 Å². The van der Waals surface area contributed by atoms with Crippen LogP contribution in [0.2, 0.25) is 0 Å². The first kappa shape index (κ1) is 17.2. The van der Waals surface area contributed by atoms with Crippen molar-refractivity contribution in [2.45, 2.75) is 57.0 Å². The lowest BCUT2D eigenvalue weighted by atomic mass is 9.84. The molecule has 1 saturated carbocycles. The zero-order chi connectivity index (χ0) is 15.5. The highest BCUT2D eigenvalue weighted by atomic mass is 16.7. The maximum absolute atomic E-state index is 5.97. The van der Waals surface area contributed by atoms with Gasteiger partial charge in [-0.2, -0.15) is 0 Å². The SMILES string of the molecule is CCN(C(C)CN(C)C)C1CC2(CCC1NC)OCCO2. The first-order valence-electron chi connectivity index (χ1n) is 8.37. The molecule has 1 aliphatic carbocycles. The van der Waals surface area contributed by atoms with E-state index in [0.717, 1.165) is 45.6 Å². The Labute approximate surface area is 129 Å². The number of likely N-dealkylation sites (N-methyl/N-ethyl adjacent to an activating group) is 3. The molecule has 1 saturated heterocycles. The molecule has 0 radical (unpaired) electrons. The van der Waals surface area contributed by atoms with Crippen LogP contribution in [0.5, 0.6) is 0 Å². The first-order valence-corrected chi connectivity index (χ1v) is 8.37. The quantitative estimate of drug-likeness (QED) is 0.796. The minimum atomic E-state index is -0.316. The topological polar surface area (TPSA) is 37.0 Å². The van der Waals surface area contributed by atoms with Crippen LogP contribution in [-0.2, 0) is 9.47 Å². The number of nitrogens with zero attached hydrogens (tertiary/aromatic N) is 2. The fraction of sp³-hybridized carbons (Fsp3) is 1.00. The molecule has 5 heteroatoms. The van der Waals surface area contributed by atoms with E-state index >= 15 is 0 Å². The highest BCUT2D eigenvalue weighted by molar-refractivity contribution is 4.97. The lowest BCUT2D eigenvalue weighted by Gasteiger charge is -2.47. The minimum Gasteiger partial charge on any atom is -0.347 e. The van der Waals surface area contributed by atoms with Gasteiger partial charge in [-0.15, -0.1) is 0 Å². The van der Waals surface area contributed by atoms with Crippen LogP contribution in [0.4, 0.5) is 0 Å². The second-order valence-corrected chi connectivity index (χ2v) is 6.75. The van der Waals surface area contributed by atoms with E-state index in [1.54, 1.807) is 0 Å². The molecule has 2 rings (SSSR count). The van der Waals surface area contributed by atoms with Crippen molar-refractivity contribution in [2.24, 2.45) is 0 Å².